The molecular formula is C21H31N3O4S. The van der Waals surface area contributed by atoms with E-state index in [1.807, 2.05) is 29.2 Å². The fraction of sp³-hybridized carbons (Fsp3) is 0.619. The Bertz CT molecular complexity index is 860. The number of hydrogen-bond donors (Lipinski definition) is 1. The molecule has 0 aromatic heterocycles. The van der Waals surface area contributed by atoms with E-state index in [4.69, 9.17) is 0 Å². The second-order valence-electron chi connectivity index (χ2n) is 8.50. The number of carbonyl (C=O) groups is 2. The predicted octanol–water partition coefficient (Wildman–Crippen LogP) is 1.99. The van der Waals surface area contributed by atoms with Gasteiger partial charge in [0.15, 0.2) is 0 Å². The van der Waals surface area contributed by atoms with Gasteiger partial charge in [0.05, 0.1) is 5.75 Å². The Hall–Kier alpha value is -1.93. The first-order chi connectivity index (χ1) is 13.7. The number of nitrogens with one attached hydrogen (secondary N) is 1. The lowest BCUT2D eigenvalue weighted by atomic mass is 9.71. The lowest BCUT2D eigenvalue weighted by Gasteiger charge is -2.39. The molecule has 1 fully saturated rings. The maximum Gasteiger partial charge on any atom is 0.254 e. The molecule has 1 aliphatic carbocycles. The molecule has 0 spiro atoms. The van der Waals surface area contributed by atoms with Gasteiger partial charge in [0.1, 0.15) is 0 Å². The van der Waals surface area contributed by atoms with Crippen molar-refractivity contribution in [1.82, 2.24) is 14.5 Å². The van der Waals surface area contributed by atoms with Crippen molar-refractivity contribution >= 4 is 21.8 Å². The Morgan fingerprint density at radius 3 is 2.52 bits per heavy atom. The van der Waals surface area contributed by atoms with E-state index < -0.39 is 10.0 Å². The van der Waals surface area contributed by atoms with Crippen molar-refractivity contribution in [1.29, 1.82) is 0 Å². The maximum absolute atomic E-state index is 12.8. The average Bonchev–Trinajstić information content (AvgIpc) is 2.97. The zero-order chi connectivity index (χ0) is 21.1. The molecule has 1 aromatic rings. The highest BCUT2D eigenvalue weighted by Crippen LogP contribution is 2.41. The molecule has 0 saturated heterocycles. The zero-order valence-corrected chi connectivity index (χ0v) is 18.1. The van der Waals surface area contributed by atoms with Crippen LogP contribution >= 0.6 is 0 Å². The summed E-state index contributed by atoms with van der Waals surface area (Å²) in [7, 11) is -0.362. The maximum atomic E-state index is 12.8. The first-order valence-electron chi connectivity index (χ1n) is 10.3. The lowest BCUT2D eigenvalue weighted by molar-refractivity contribution is -0.124. The van der Waals surface area contributed by atoms with Crippen LogP contribution in [0.5, 0.6) is 0 Å². The van der Waals surface area contributed by atoms with E-state index in [-0.39, 0.29) is 29.5 Å². The summed E-state index contributed by atoms with van der Waals surface area (Å²) < 4.78 is 24.9. The van der Waals surface area contributed by atoms with E-state index in [2.05, 4.69) is 5.32 Å². The van der Waals surface area contributed by atoms with E-state index in [0.717, 1.165) is 43.2 Å². The minimum Gasteiger partial charge on any atom is -0.355 e. The molecule has 1 N–H and O–H groups in total. The van der Waals surface area contributed by atoms with Crippen molar-refractivity contribution in [3.63, 3.8) is 0 Å². The summed E-state index contributed by atoms with van der Waals surface area (Å²) in [5.41, 5.74) is 1.57. The number of nitrogens with zero attached hydrogens (tertiary/aromatic N) is 2. The van der Waals surface area contributed by atoms with Gasteiger partial charge < -0.3 is 10.2 Å². The summed E-state index contributed by atoms with van der Waals surface area (Å²) in [6.45, 7) is 1.27. The second-order valence-corrected chi connectivity index (χ2v) is 10.8. The van der Waals surface area contributed by atoms with Crippen molar-refractivity contribution in [3.8, 4) is 0 Å². The number of carbonyl (C=O) groups excluding carboxylic acids is 2. The molecule has 1 aliphatic heterocycles. The number of fused-ring (bicyclic) bond motifs is 1. The molecule has 2 amide bonds. The van der Waals surface area contributed by atoms with Crippen LogP contribution in [0.1, 0.15) is 54.4 Å². The number of hydrogen-bond acceptors (Lipinski definition) is 4. The molecular weight excluding hydrogens is 390 g/mol. The molecule has 1 aromatic carbocycles. The molecule has 7 nitrogen and oxygen atoms in total. The summed E-state index contributed by atoms with van der Waals surface area (Å²) in [5.74, 6) is -0.202. The topological polar surface area (TPSA) is 86.8 Å². The summed E-state index contributed by atoms with van der Waals surface area (Å²) in [6, 6.07) is 7.68. The van der Waals surface area contributed by atoms with Crippen molar-refractivity contribution in [3.05, 3.63) is 35.4 Å². The molecule has 0 atom stereocenters. The van der Waals surface area contributed by atoms with Gasteiger partial charge >= 0.3 is 0 Å². The summed E-state index contributed by atoms with van der Waals surface area (Å²) in [5, 5.41) is 2.77. The fourth-order valence-corrected chi connectivity index (χ4v) is 5.17. The van der Waals surface area contributed by atoms with Gasteiger partial charge in [-0.3, -0.25) is 9.59 Å². The minimum absolute atomic E-state index is 0.0445. The molecule has 0 radical (unpaired) electrons. The largest absolute Gasteiger partial charge is 0.355 e. The zero-order valence-electron chi connectivity index (χ0n) is 17.3. The third-order valence-corrected chi connectivity index (χ3v) is 7.94. The Morgan fingerprint density at radius 1 is 1.17 bits per heavy atom. The van der Waals surface area contributed by atoms with Crippen LogP contribution in [-0.2, 0) is 21.4 Å². The van der Waals surface area contributed by atoms with Gasteiger partial charge in [-0.25, -0.2) is 12.7 Å². The monoisotopic (exact) mass is 421 g/mol. The number of sulfonamides is 1. The van der Waals surface area contributed by atoms with Crippen molar-refractivity contribution in [2.75, 3.05) is 32.9 Å². The Morgan fingerprint density at radius 2 is 1.86 bits per heavy atom. The van der Waals surface area contributed by atoms with Gasteiger partial charge in [0, 0.05) is 45.7 Å². The van der Waals surface area contributed by atoms with E-state index in [1.54, 1.807) is 0 Å². The molecule has 2 aliphatic rings. The first kappa shape index (κ1) is 21.8. The third kappa shape index (κ3) is 5.17. The van der Waals surface area contributed by atoms with Crippen molar-refractivity contribution in [2.24, 2.45) is 5.41 Å². The van der Waals surface area contributed by atoms with Gasteiger partial charge in [-0.15, -0.1) is 0 Å². The van der Waals surface area contributed by atoms with Crippen LogP contribution < -0.4 is 5.32 Å². The molecule has 0 bridgehead atoms. The number of benzene rings is 1. The predicted molar refractivity (Wildman–Crippen MR) is 112 cm³/mol. The van der Waals surface area contributed by atoms with Crippen LogP contribution in [0.4, 0.5) is 0 Å². The first-order valence-corrected chi connectivity index (χ1v) is 11.9. The quantitative estimate of drug-likeness (QED) is 0.695. The summed E-state index contributed by atoms with van der Waals surface area (Å²) in [4.78, 5) is 27.3. The number of rotatable bonds is 8. The molecule has 160 valence electrons. The average molecular weight is 422 g/mol. The third-order valence-electron chi connectivity index (χ3n) is 6.11. The van der Waals surface area contributed by atoms with E-state index in [1.165, 1.54) is 18.4 Å². The van der Waals surface area contributed by atoms with Gasteiger partial charge in [-0.1, -0.05) is 37.5 Å². The number of amides is 2. The molecule has 3 rings (SSSR count). The molecule has 1 heterocycles. The molecule has 29 heavy (non-hydrogen) atoms. The Labute approximate surface area is 173 Å². The van der Waals surface area contributed by atoms with Crippen molar-refractivity contribution in [2.45, 2.75) is 45.1 Å². The van der Waals surface area contributed by atoms with Crippen LogP contribution in [0.15, 0.2) is 24.3 Å². The van der Waals surface area contributed by atoms with Crippen molar-refractivity contribution < 1.29 is 18.0 Å². The van der Waals surface area contributed by atoms with Gasteiger partial charge in [0.2, 0.25) is 15.9 Å². The van der Waals surface area contributed by atoms with Crippen LogP contribution in [0.2, 0.25) is 0 Å². The summed E-state index contributed by atoms with van der Waals surface area (Å²) >= 11 is 0. The summed E-state index contributed by atoms with van der Waals surface area (Å²) in [6.07, 6.45) is 5.41. The molecule has 1 saturated carbocycles. The SMILES string of the molecule is CN(C)S(=O)(=O)CCNC(=O)CC1(CN2Cc3ccccc3C2=O)CCCCC1. The highest BCUT2D eigenvalue weighted by molar-refractivity contribution is 7.89. The Kier molecular flexibility index (Phi) is 6.63. The van der Waals surface area contributed by atoms with E-state index in [0.29, 0.717) is 19.5 Å². The van der Waals surface area contributed by atoms with E-state index >= 15 is 0 Å². The Balaban J connectivity index is 1.62. The minimum atomic E-state index is -3.33. The van der Waals surface area contributed by atoms with Crippen LogP contribution in [0.3, 0.4) is 0 Å². The van der Waals surface area contributed by atoms with E-state index in [9.17, 15) is 18.0 Å². The van der Waals surface area contributed by atoms with Crippen LogP contribution in [0.25, 0.3) is 0 Å². The van der Waals surface area contributed by atoms with Crippen LogP contribution in [-0.4, -0.2) is 62.4 Å². The molecule has 0 unspecified atom stereocenters. The molecule has 8 heteroatoms. The highest BCUT2D eigenvalue weighted by atomic mass is 32.2. The van der Waals surface area contributed by atoms with Gasteiger partial charge in [-0.05, 0) is 29.9 Å². The van der Waals surface area contributed by atoms with Crippen LogP contribution in [0, 0.1) is 5.41 Å². The highest BCUT2D eigenvalue weighted by Gasteiger charge is 2.39. The standard InChI is InChI=1S/C21H31N3O4S/c1-23(2)29(27,28)13-12-22-19(25)14-21(10-6-3-7-11-21)16-24-15-17-8-4-5-9-18(17)20(24)26/h4-5,8-9H,3,6-7,10-16H2,1-2H3,(H,22,25). The smallest absolute Gasteiger partial charge is 0.254 e. The fourth-order valence-electron chi connectivity index (χ4n) is 4.44. The van der Waals surface area contributed by atoms with Gasteiger partial charge in [0.25, 0.3) is 5.91 Å². The normalized spacial score (nSPS) is 18.7. The van der Waals surface area contributed by atoms with Gasteiger partial charge in [-0.2, -0.15) is 0 Å². The second kappa shape index (κ2) is 8.83. The lowest BCUT2D eigenvalue weighted by Crippen LogP contribution is -2.43.